The molecule has 0 spiro atoms. The number of aliphatic hydroxyl groups excluding tert-OH is 1. The van der Waals surface area contributed by atoms with Crippen LogP contribution < -0.4 is 4.90 Å². The number of hydrogen-bond donors (Lipinski definition) is 1. The summed E-state index contributed by atoms with van der Waals surface area (Å²) in [6, 6.07) is 4.37. The molecule has 1 aromatic rings. The maximum Gasteiger partial charge on any atom is 0.146 e. The standard InChI is InChI=1S/C11H15ClFNO/c1-11(2,7-15)14(3)10-6-8(12)4-5-9(10)13/h4-6,15H,7H2,1-3H3. The molecular weight excluding hydrogens is 217 g/mol. The molecule has 0 heterocycles. The molecule has 2 nitrogen and oxygen atoms in total. The summed E-state index contributed by atoms with van der Waals surface area (Å²) >= 11 is 5.80. The lowest BCUT2D eigenvalue weighted by molar-refractivity contribution is 0.215. The van der Waals surface area contributed by atoms with Crippen LogP contribution in [-0.2, 0) is 0 Å². The summed E-state index contributed by atoms with van der Waals surface area (Å²) in [5.74, 6) is -0.344. The van der Waals surface area contributed by atoms with Crippen LogP contribution in [-0.4, -0.2) is 24.3 Å². The molecular formula is C11H15ClFNO. The molecule has 4 heteroatoms. The van der Waals surface area contributed by atoms with Crippen molar-refractivity contribution in [2.45, 2.75) is 19.4 Å². The van der Waals surface area contributed by atoms with E-state index in [1.807, 2.05) is 13.8 Å². The summed E-state index contributed by atoms with van der Waals surface area (Å²) < 4.78 is 13.5. The number of hydrogen-bond acceptors (Lipinski definition) is 2. The van der Waals surface area contributed by atoms with Crippen molar-refractivity contribution in [3.8, 4) is 0 Å². The third kappa shape index (κ3) is 2.61. The van der Waals surface area contributed by atoms with Crippen LogP contribution >= 0.6 is 11.6 Å². The molecule has 0 aliphatic carbocycles. The predicted octanol–water partition coefficient (Wildman–Crippen LogP) is 2.69. The Morgan fingerprint density at radius 2 is 2.07 bits per heavy atom. The van der Waals surface area contributed by atoms with E-state index in [2.05, 4.69) is 0 Å². The summed E-state index contributed by atoms with van der Waals surface area (Å²) in [7, 11) is 1.73. The Kier molecular flexibility index (Phi) is 3.58. The molecule has 1 aromatic carbocycles. The van der Waals surface area contributed by atoms with Gasteiger partial charge in [-0.05, 0) is 32.0 Å². The van der Waals surface area contributed by atoms with E-state index in [4.69, 9.17) is 11.6 Å². The van der Waals surface area contributed by atoms with Crippen LogP contribution in [0.25, 0.3) is 0 Å². The van der Waals surface area contributed by atoms with Gasteiger partial charge in [0.05, 0.1) is 17.8 Å². The second-order valence-corrected chi connectivity index (χ2v) is 4.56. The fraction of sp³-hybridized carbons (Fsp3) is 0.455. The quantitative estimate of drug-likeness (QED) is 0.865. The largest absolute Gasteiger partial charge is 0.394 e. The van der Waals surface area contributed by atoms with Crippen LogP contribution in [0, 0.1) is 5.82 Å². The van der Waals surface area contributed by atoms with Gasteiger partial charge in [0, 0.05) is 12.1 Å². The lowest BCUT2D eigenvalue weighted by Gasteiger charge is -2.36. The van der Waals surface area contributed by atoms with Crippen molar-refractivity contribution in [2.24, 2.45) is 0 Å². The Morgan fingerprint density at radius 1 is 1.47 bits per heavy atom. The zero-order valence-electron chi connectivity index (χ0n) is 9.09. The summed E-state index contributed by atoms with van der Waals surface area (Å²) in [5.41, 5.74) is -0.132. The molecule has 0 aliphatic heterocycles. The molecule has 0 saturated carbocycles. The molecule has 0 bridgehead atoms. The summed E-state index contributed by atoms with van der Waals surface area (Å²) in [4.78, 5) is 1.67. The van der Waals surface area contributed by atoms with Gasteiger partial charge >= 0.3 is 0 Å². The number of rotatable bonds is 3. The monoisotopic (exact) mass is 231 g/mol. The minimum atomic E-state index is -0.522. The topological polar surface area (TPSA) is 23.5 Å². The Labute approximate surface area is 94.3 Å². The molecule has 0 radical (unpaired) electrons. The first-order chi connectivity index (χ1) is 6.88. The number of benzene rings is 1. The molecule has 0 saturated heterocycles. The lowest BCUT2D eigenvalue weighted by Crippen LogP contribution is -2.44. The van der Waals surface area contributed by atoms with Crippen LogP contribution in [0.1, 0.15) is 13.8 Å². The molecule has 0 aliphatic rings. The Morgan fingerprint density at radius 3 is 2.60 bits per heavy atom. The van der Waals surface area contributed by atoms with Gasteiger partial charge in [-0.15, -0.1) is 0 Å². The van der Waals surface area contributed by atoms with Crippen LogP contribution in [0.3, 0.4) is 0 Å². The van der Waals surface area contributed by atoms with Gasteiger partial charge in [0.15, 0.2) is 0 Å². The fourth-order valence-corrected chi connectivity index (χ4v) is 1.34. The van der Waals surface area contributed by atoms with E-state index in [1.165, 1.54) is 12.1 Å². The first kappa shape index (κ1) is 12.3. The van der Waals surface area contributed by atoms with Gasteiger partial charge in [0.25, 0.3) is 0 Å². The number of anilines is 1. The average Bonchev–Trinajstić information content (AvgIpc) is 2.20. The van der Waals surface area contributed by atoms with E-state index in [-0.39, 0.29) is 12.4 Å². The Bertz CT molecular complexity index is 354. The van der Waals surface area contributed by atoms with Gasteiger partial charge in [-0.3, -0.25) is 0 Å². The molecule has 0 aromatic heterocycles. The van der Waals surface area contributed by atoms with Crippen molar-refractivity contribution in [1.29, 1.82) is 0 Å². The Balaban J connectivity index is 3.10. The van der Waals surface area contributed by atoms with Crippen molar-refractivity contribution < 1.29 is 9.50 Å². The molecule has 0 atom stereocenters. The molecule has 15 heavy (non-hydrogen) atoms. The van der Waals surface area contributed by atoms with Crippen molar-refractivity contribution in [3.05, 3.63) is 29.0 Å². The van der Waals surface area contributed by atoms with Gasteiger partial charge in [-0.25, -0.2) is 4.39 Å². The zero-order valence-corrected chi connectivity index (χ0v) is 9.85. The minimum absolute atomic E-state index is 0.0601. The number of nitrogens with zero attached hydrogens (tertiary/aromatic N) is 1. The summed E-state index contributed by atoms with van der Waals surface area (Å²) in [6.07, 6.45) is 0. The smallest absolute Gasteiger partial charge is 0.146 e. The molecule has 84 valence electrons. The summed E-state index contributed by atoms with van der Waals surface area (Å²) in [5, 5.41) is 9.67. The molecule has 0 fully saturated rings. The highest BCUT2D eigenvalue weighted by atomic mass is 35.5. The minimum Gasteiger partial charge on any atom is -0.394 e. The van der Waals surface area contributed by atoms with E-state index in [1.54, 1.807) is 18.0 Å². The highest BCUT2D eigenvalue weighted by molar-refractivity contribution is 6.30. The van der Waals surface area contributed by atoms with Gasteiger partial charge < -0.3 is 10.0 Å². The second kappa shape index (κ2) is 4.37. The third-order valence-electron chi connectivity index (χ3n) is 2.56. The maximum atomic E-state index is 13.5. The van der Waals surface area contributed by atoms with Crippen molar-refractivity contribution in [2.75, 3.05) is 18.6 Å². The van der Waals surface area contributed by atoms with Crippen molar-refractivity contribution in [3.63, 3.8) is 0 Å². The molecule has 1 N–H and O–H groups in total. The third-order valence-corrected chi connectivity index (χ3v) is 2.80. The van der Waals surface area contributed by atoms with E-state index < -0.39 is 5.54 Å². The van der Waals surface area contributed by atoms with E-state index in [9.17, 15) is 9.50 Å². The van der Waals surface area contributed by atoms with Crippen molar-refractivity contribution in [1.82, 2.24) is 0 Å². The predicted molar refractivity (Wildman–Crippen MR) is 61.0 cm³/mol. The van der Waals surface area contributed by atoms with Gasteiger partial charge in [-0.2, -0.15) is 0 Å². The lowest BCUT2D eigenvalue weighted by atomic mass is 10.0. The first-order valence-electron chi connectivity index (χ1n) is 4.68. The SMILES string of the molecule is CN(c1cc(Cl)ccc1F)C(C)(C)CO. The van der Waals surface area contributed by atoms with Crippen LogP contribution in [0.15, 0.2) is 18.2 Å². The number of aliphatic hydroxyl groups is 1. The first-order valence-corrected chi connectivity index (χ1v) is 5.06. The molecule has 1 rings (SSSR count). The average molecular weight is 232 g/mol. The summed E-state index contributed by atoms with van der Waals surface area (Å²) in [6.45, 7) is 3.59. The maximum absolute atomic E-state index is 13.5. The van der Waals surface area contributed by atoms with Gasteiger partial charge in [0.1, 0.15) is 5.82 Å². The van der Waals surface area contributed by atoms with Crippen LogP contribution in [0.5, 0.6) is 0 Å². The number of likely N-dealkylation sites (N-methyl/N-ethyl adjacent to an activating group) is 1. The zero-order chi connectivity index (χ0) is 11.6. The molecule has 0 amide bonds. The molecule has 0 unspecified atom stereocenters. The highest BCUT2D eigenvalue weighted by Crippen LogP contribution is 2.27. The van der Waals surface area contributed by atoms with Crippen LogP contribution in [0.2, 0.25) is 5.02 Å². The number of halogens is 2. The van der Waals surface area contributed by atoms with Crippen LogP contribution in [0.4, 0.5) is 10.1 Å². The fourth-order valence-electron chi connectivity index (χ4n) is 1.17. The Hall–Kier alpha value is -0.800. The second-order valence-electron chi connectivity index (χ2n) is 4.13. The highest BCUT2D eigenvalue weighted by Gasteiger charge is 2.24. The normalized spacial score (nSPS) is 11.6. The van der Waals surface area contributed by atoms with E-state index >= 15 is 0 Å². The van der Waals surface area contributed by atoms with E-state index in [0.717, 1.165) is 0 Å². The van der Waals surface area contributed by atoms with Gasteiger partial charge in [0.2, 0.25) is 0 Å². The van der Waals surface area contributed by atoms with E-state index in [0.29, 0.717) is 10.7 Å². The van der Waals surface area contributed by atoms with Gasteiger partial charge in [-0.1, -0.05) is 11.6 Å². The van der Waals surface area contributed by atoms with Crippen molar-refractivity contribution >= 4 is 17.3 Å².